The fourth-order valence-electron chi connectivity index (χ4n) is 2.79. The van der Waals surface area contributed by atoms with Gasteiger partial charge < -0.3 is 10.1 Å². The van der Waals surface area contributed by atoms with Crippen LogP contribution in [0.4, 0.5) is 11.9 Å². The highest BCUT2D eigenvalue weighted by molar-refractivity contribution is 5.35. The molecular formula is C14H26N6O. The third kappa shape index (κ3) is 3.02. The van der Waals surface area contributed by atoms with E-state index < -0.39 is 0 Å². The van der Waals surface area contributed by atoms with E-state index in [2.05, 4.69) is 53.4 Å². The van der Waals surface area contributed by atoms with Gasteiger partial charge >= 0.3 is 6.01 Å². The minimum atomic E-state index is 0.289. The summed E-state index contributed by atoms with van der Waals surface area (Å²) in [5.41, 5.74) is 3.08. The van der Waals surface area contributed by atoms with Crippen molar-refractivity contribution in [2.45, 2.75) is 41.0 Å². The topological polar surface area (TPSA) is 98.0 Å². The number of nitrogens with zero attached hydrogens (tertiary/aromatic N) is 3. The molecule has 7 heteroatoms. The van der Waals surface area contributed by atoms with E-state index in [0.717, 1.165) is 13.0 Å². The second kappa shape index (κ2) is 5.63. The Bertz CT molecular complexity index is 488. The molecule has 1 fully saturated rings. The number of hydrazine groups is 1. The smallest absolute Gasteiger partial charge is 0.323 e. The van der Waals surface area contributed by atoms with Gasteiger partial charge in [-0.3, -0.25) is 5.43 Å². The fourth-order valence-corrected chi connectivity index (χ4v) is 2.79. The number of ether oxygens (including phenoxy) is 1. The van der Waals surface area contributed by atoms with Crippen molar-refractivity contribution in [3.63, 3.8) is 0 Å². The number of aromatic nitrogens is 3. The van der Waals surface area contributed by atoms with Crippen LogP contribution in [0.15, 0.2) is 0 Å². The second-order valence-electron chi connectivity index (χ2n) is 6.63. The van der Waals surface area contributed by atoms with E-state index in [-0.39, 0.29) is 6.01 Å². The predicted octanol–water partition coefficient (Wildman–Crippen LogP) is 2.04. The van der Waals surface area contributed by atoms with Gasteiger partial charge in [0.1, 0.15) is 0 Å². The number of hydrogen-bond acceptors (Lipinski definition) is 7. The molecule has 118 valence electrons. The van der Waals surface area contributed by atoms with Gasteiger partial charge in [-0.2, -0.15) is 15.0 Å². The molecule has 1 aromatic rings. The van der Waals surface area contributed by atoms with Gasteiger partial charge in [-0.25, -0.2) is 5.84 Å². The normalized spacial score (nSPS) is 19.1. The SMILES string of the molecule is CCCOc1nc(NN)nc(NCC2C(C)(C)C2(C)C)n1. The number of anilines is 2. The summed E-state index contributed by atoms with van der Waals surface area (Å²) in [6.45, 7) is 12.6. The van der Waals surface area contributed by atoms with Gasteiger partial charge in [-0.15, -0.1) is 0 Å². The van der Waals surface area contributed by atoms with Crippen LogP contribution in [0.2, 0.25) is 0 Å². The highest BCUT2D eigenvalue weighted by Gasteiger charge is 2.64. The minimum Gasteiger partial charge on any atom is -0.463 e. The average molecular weight is 294 g/mol. The van der Waals surface area contributed by atoms with E-state index in [0.29, 0.717) is 35.3 Å². The number of nitrogens with one attached hydrogen (secondary N) is 2. The van der Waals surface area contributed by atoms with Crippen molar-refractivity contribution < 1.29 is 4.74 Å². The second-order valence-corrected chi connectivity index (χ2v) is 6.63. The molecule has 1 saturated carbocycles. The Morgan fingerprint density at radius 2 is 1.71 bits per heavy atom. The van der Waals surface area contributed by atoms with E-state index in [1.54, 1.807) is 0 Å². The predicted molar refractivity (Wildman–Crippen MR) is 83.0 cm³/mol. The maximum atomic E-state index is 5.44. The first kappa shape index (κ1) is 15.8. The maximum absolute atomic E-state index is 5.44. The molecule has 21 heavy (non-hydrogen) atoms. The molecular weight excluding hydrogens is 268 g/mol. The van der Waals surface area contributed by atoms with Crippen molar-refractivity contribution in [1.29, 1.82) is 0 Å². The summed E-state index contributed by atoms with van der Waals surface area (Å²) in [6.07, 6.45) is 0.893. The third-order valence-corrected chi connectivity index (χ3v) is 4.96. The Labute approximate surface area is 126 Å². The zero-order valence-electron chi connectivity index (χ0n) is 13.5. The Morgan fingerprint density at radius 1 is 1.10 bits per heavy atom. The van der Waals surface area contributed by atoms with Crippen molar-refractivity contribution >= 4 is 11.9 Å². The Morgan fingerprint density at radius 3 is 2.24 bits per heavy atom. The zero-order chi connectivity index (χ0) is 15.7. The lowest BCUT2D eigenvalue weighted by Crippen LogP contribution is -2.16. The van der Waals surface area contributed by atoms with Crippen LogP contribution in [-0.4, -0.2) is 28.1 Å². The molecule has 0 spiro atoms. The maximum Gasteiger partial charge on any atom is 0.323 e. The van der Waals surface area contributed by atoms with Gasteiger partial charge in [0.25, 0.3) is 0 Å². The Balaban J connectivity index is 2.03. The lowest BCUT2D eigenvalue weighted by Gasteiger charge is -2.09. The monoisotopic (exact) mass is 294 g/mol. The molecule has 0 amide bonds. The zero-order valence-corrected chi connectivity index (χ0v) is 13.5. The molecule has 0 aromatic carbocycles. The van der Waals surface area contributed by atoms with E-state index in [4.69, 9.17) is 10.6 Å². The first-order valence-electron chi connectivity index (χ1n) is 7.42. The van der Waals surface area contributed by atoms with Crippen molar-refractivity contribution in [2.75, 3.05) is 23.9 Å². The Kier molecular flexibility index (Phi) is 4.22. The van der Waals surface area contributed by atoms with Crippen LogP contribution in [0.5, 0.6) is 6.01 Å². The number of nitrogens with two attached hydrogens (primary N) is 1. The van der Waals surface area contributed by atoms with Crippen molar-refractivity contribution in [2.24, 2.45) is 22.6 Å². The summed E-state index contributed by atoms with van der Waals surface area (Å²) >= 11 is 0. The first-order chi connectivity index (χ1) is 9.82. The molecule has 2 rings (SSSR count). The van der Waals surface area contributed by atoms with Crippen molar-refractivity contribution in [3.05, 3.63) is 0 Å². The van der Waals surface area contributed by atoms with Crippen LogP contribution in [0.25, 0.3) is 0 Å². The van der Waals surface area contributed by atoms with Gasteiger partial charge in [0.05, 0.1) is 6.61 Å². The van der Waals surface area contributed by atoms with Crippen LogP contribution >= 0.6 is 0 Å². The fraction of sp³-hybridized carbons (Fsp3) is 0.786. The summed E-state index contributed by atoms with van der Waals surface area (Å²) in [5, 5.41) is 3.27. The van der Waals surface area contributed by atoms with Crippen LogP contribution in [-0.2, 0) is 0 Å². The third-order valence-electron chi connectivity index (χ3n) is 4.96. The molecule has 0 unspecified atom stereocenters. The van der Waals surface area contributed by atoms with Gasteiger partial charge in [-0.1, -0.05) is 34.6 Å². The van der Waals surface area contributed by atoms with Crippen molar-refractivity contribution in [3.8, 4) is 6.01 Å². The lowest BCUT2D eigenvalue weighted by molar-refractivity contribution is 0.292. The van der Waals surface area contributed by atoms with E-state index >= 15 is 0 Å². The average Bonchev–Trinajstić information content (AvgIpc) is 2.83. The minimum absolute atomic E-state index is 0.289. The first-order valence-corrected chi connectivity index (χ1v) is 7.42. The Hall–Kier alpha value is -1.63. The largest absolute Gasteiger partial charge is 0.463 e. The molecule has 0 bridgehead atoms. The molecule has 1 aromatic heterocycles. The molecule has 0 aliphatic heterocycles. The molecule has 0 atom stereocenters. The van der Waals surface area contributed by atoms with Gasteiger partial charge in [0.15, 0.2) is 0 Å². The molecule has 1 aliphatic rings. The summed E-state index contributed by atoms with van der Waals surface area (Å²) in [7, 11) is 0. The number of nitrogen functional groups attached to an aromatic ring is 1. The van der Waals surface area contributed by atoms with E-state index in [1.165, 1.54) is 0 Å². The number of hydrogen-bond donors (Lipinski definition) is 3. The summed E-state index contributed by atoms with van der Waals surface area (Å²) in [4.78, 5) is 12.5. The molecule has 7 nitrogen and oxygen atoms in total. The van der Waals surface area contributed by atoms with Gasteiger partial charge in [-0.05, 0) is 23.2 Å². The summed E-state index contributed by atoms with van der Waals surface area (Å²) in [6, 6.07) is 0.289. The van der Waals surface area contributed by atoms with Crippen LogP contribution in [0, 0.1) is 16.7 Å². The molecule has 0 radical (unpaired) electrons. The standard InChI is InChI=1S/C14H26N6O/c1-6-7-21-12-18-10(17-11(19-12)20-15)16-8-9-13(2,3)14(9,4)5/h9H,6-8,15H2,1-5H3,(H2,16,17,18,19,20). The van der Waals surface area contributed by atoms with E-state index in [9.17, 15) is 0 Å². The molecule has 1 heterocycles. The van der Waals surface area contributed by atoms with Crippen LogP contribution in [0.1, 0.15) is 41.0 Å². The van der Waals surface area contributed by atoms with Crippen LogP contribution < -0.4 is 21.3 Å². The van der Waals surface area contributed by atoms with Crippen LogP contribution in [0.3, 0.4) is 0 Å². The van der Waals surface area contributed by atoms with Gasteiger partial charge in [0.2, 0.25) is 11.9 Å². The lowest BCUT2D eigenvalue weighted by atomic mass is 10.0. The highest BCUT2D eigenvalue weighted by atomic mass is 16.5. The summed E-state index contributed by atoms with van der Waals surface area (Å²) < 4.78 is 5.44. The highest BCUT2D eigenvalue weighted by Crippen LogP contribution is 2.68. The summed E-state index contributed by atoms with van der Waals surface area (Å²) in [5.74, 6) is 6.75. The molecule has 1 aliphatic carbocycles. The van der Waals surface area contributed by atoms with Crippen molar-refractivity contribution in [1.82, 2.24) is 15.0 Å². The number of rotatable bonds is 7. The van der Waals surface area contributed by atoms with Gasteiger partial charge in [0, 0.05) is 6.54 Å². The van der Waals surface area contributed by atoms with E-state index in [1.807, 2.05) is 6.92 Å². The molecule has 0 saturated heterocycles. The molecule has 4 N–H and O–H groups in total. The quantitative estimate of drug-likeness (QED) is 0.523.